The van der Waals surface area contributed by atoms with E-state index in [1.807, 2.05) is 0 Å². The number of halogens is 1. The van der Waals surface area contributed by atoms with Crippen LogP contribution in [0.2, 0.25) is 0 Å². The van der Waals surface area contributed by atoms with Gasteiger partial charge in [-0.25, -0.2) is 14.0 Å². The maximum Gasteiger partial charge on any atom is 0.335 e. The van der Waals surface area contributed by atoms with Crippen molar-refractivity contribution in [3.63, 3.8) is 0 Å². The maximum atomic E-state index is 13.8. The quantitative estimate of drug-likeness (QED) is 0.690. The van der Waals surface area contributed by atoms with Crippen molar-refractivity contribution in [1.29, 1.82) is 0 Å². The molecule has 8 heteroatoms. The summed E-state index contributed by atoms with van der Waals surface area (Å²) in [5.41, 5.74) is 0.288. The molecule has 2 N–H and O–H groups in total. The average Bonchev–Trinajstić information content (AvgIpc) is 2.78. The number of hydrogen-bond donors (Lipinski definition) is 2. The summed E-state index contributed by atoms with van der Waals surface area (Å²) in [6.45, 7) is 2.63. The number of nitrogens with zero attached hydrogens (tertiary/aromatic N) is 1. The van der Waals surface area contributed by atoms with Crippen molar-refractivity contribution in [2.45, 2.75) is 25.0 Å². The van der Waals surface area contributed by atoms with Gasteiger partial charge in [0.15, 0.2) is 6.04 Å². The highest BCUT2D eigenvalue weighted by Crippen LogP contribution is 2.30. The fourth-order valence-corrected chi connectivity index (χ4v) is 4.23. The van der Waals surface area contributed by atoms with Crippen LogP contribution in [0.1, 0.15) is 45.2 Å². The molecule has 2 atom stereocenters. The van der Waals surface area contributed by atoms with E-state index >= 15 is 0 Å². The van der Waals surface area contributed by atoms with Gasteiger partial charge in [-0.05, 0) is 67.7 Å². The highest BCUT2D eigenvalue weighted by molar-refractivity contribution is 5.99. The van der Waals surface area contributed by atoms with Crippen molar-refractivity contribution >= 4 is 17.8 Å². The summed E-state index contributed by atoms with van der Waals surface area (Å²) in [6.07, 6.45) is 1.65. The third-order valence-corrected chi connectivity index (χ3v) is 5.93. The Balaban J connectivity index is 1.56. The predicted molar refractivity (Wildman–Crippen MR) is 109 cm³/mol. The predicted octanol–water partition coefficient (Wildman–Crippen LogP) is 2.63. The van der Waals surface area contributed by atoms with Gasteiger partial charge in [0.2, 0.25) is 0 Å². The third-order valence-electron chi connectivity index (χ3n) is 5.93. The largest absolute Gasteiger partial charge is 0.478 e. The molecular formula is C23H23FN2O5. The lowest BCUT2D eigenvalue weighted by Gasteiger charge is -2.44. The van der Waals surface area contributed by atoms with Crippen molar-refractivity contribution in [1.82, 2.24) is 10.2 Å². The standard InChI is InChI=1S/C23H23FN2O5/c24-18-6-2-3-15(12-18)20(23(30)31-19-13-26-9-7-14(19)8-10-26)25-21(27)16-4-1-5-17(11-16)22(28)29/h1-6,11-12,14,19-20H,7-10,13H2,(H,25,27)(H,28,29). The number of ether oxygens (including phenoxy) is 1. The third kappa shape index (κ3) is 4.74. The Morgan fingerprint density at radius 3 is 2.42 bits per heavy atom. The van der Waals surface area contributed by atoms with E-state index in [9.17, 15) is 18.8 Å². The van der Waals surface area contributed by atoms with Crippen LogP contribution in [0.5, 0.6) is 0 Å². The molecule has 3 aliphatic heterocycles. The summed E-state index contributed by atoms with van der Waals surface area (Å²) >= 11 is 0. The second-order valence-corrected chi connectivity index (χ2v) is 7.96. The lowest BCUT2D eigenvalue weighted by atomic mass is 9.86. The Morgan fingerprint density at radius 1 is 1.06 bits per heavy atom. The zero-order valence-electron chi connectivity index (χ0n) is 16.8. The first-order valence-electron chi connectivity index (χ1n) is 10.2. The second kappa shape index (κ2) is 8.85. The van der Waals surface area contributed by atoms with E-state index in [1.165, 1.54) is 42.5 Å². The number of benzene rings is 2. The van der Waals surface area contributed by atoms with E-state index in [0.29, 0.717) is 6.54 Å². The molecule has 0 spiro atoms. The molecule has 3 fully saturated rings. The number of nitrogens with one attached hydrogen (secondary N) is 1. The minimum atomic E-state index is -1.22. The topological polar surface area (TPSA) is 95.9 Å². The monoisotopic (exact) mass is 426 g/mol. The Labute approximate surface area is 178 Å². The molecule has 7 nitrogen and oxygen atoms in total. The molecule has 0 aromatic heterocycles. The zero-order chi connectivity index (χ0) is 22.0. The highest BCUT2D eigenvalue weighted by Gasteiger charge is 2.38. The van der Waals surface area contributed by atoms with Crippen molar-refractivity contribution < 1.29 is 28.6 Å². The van der Waals surface area contributed by atoms with E-state index in [0.717, 1.165) is 25.9 Å². The van der Waals surface area contributed by atoms with Crippen LogP contribution in [0.3, 0.4) is 0 Å². The van der Waals surface area contributed by atoms with E-state index in [4.69, 9.17) is 9.84 Å². The first kappa shape index (κ1) is 21.0. The van der Waals surface area contributed by atoms with Crippen LogP contribution in [-0.2, 0) is 9.53 Å². The van der Waals surface area contributed by atoms with E-state index in [2.05, 4.69) is 10.2 Å². The molecule has 2 aromatic carbocycles. The molecule has 31 heavy (non-hydrogen) atoms. The van der Waals surface area contributed by atoms with Crippen LogP contribution < -0.4 is 5.32 Å². The number of piperidine rings is 3. The van der Waals surface area contributed by atoms with Gasteiger partial charge in [0.1, 0.15) is 11.9 Å². The van der Waals surface area contributed by atoms with Crippen LogP contribution in [-0.4, -0.2) is 53.6 Å². The highest BCUT2D eigenvalue weighted by atomic mass is 19.1. The fourth-order valence-electron chi connectivity index (χ4n) is 4.23. The zero-order valence-corrected chi connectivity index (χ0v) is 16.8. The Hall–Kier alpha value is -3.26. The van der Waals surface area contributed by atoms with Gasteiger partial charge in [0.05, 0.1) is 5.56 Å². The van der Waals surface area contributed by atoms with Gasteiger partial charge in [-0.3, -0.25) is 9.69 Å². The number of aromatic carboxylic acids is 1. The maximum absolute atomic E-state index is 13.8. The molecule has 1 amide bonds. The summed E-state index contributed by atoms with van der Waals surface area (Å²) in [7, 11) is 0. The van der Waals surface area contributed by atoms with Crippen molar-refractivity contribution in [2.24, 2.45) is 5.92 Å². The molecule has 2 unspecified atom stereocenters. The van der Waals surface area contributed by atoms with Crippen LogP contribution in [0, 0.1) is 11.7 Å². The number of hydrogen-bond acceptors (Lipinski definition) is 5. The Bertz CT molecular complexity index is 1000. The van der Waals surface area contributed by atoms with Gasteiger partial charge in [-0.2, -0.15) is 0 Å². The van der Waals surface area contributed by atoms with E-state index < -0.39 is 29.7 Å². The Kier molecular flexibility index (Phi) is 5.99. The van der Waals surface area contributed by atoms with Gasteiger partial charge in [0.25, 0.3) is 5.91 Å². The average molecular weight is 426 g/mol. The summed E-state index contributed by atoms with van der Waals surface area (Å²) in [5.74, 6) is -2.74. The molecule has 5 rings (SSSR count). The SMILES string of the molecule is O=C(O)c1cccc(C(=O)NC(C(=O)OC2CN3CCC2CC3)c2cccc(F)c2)c1. The fraction of sp³-hybridized carbons (Fsp3) is 0.348. The number of fused-ring (bicyclic) bond motifs is 3. The van der Waals surface area contributed by atoms with Crippen LogP contribution in [0.15, 0.2) is 48.5 Å². The number of carbonyl (C=O) groups excluding carboxylic acids is 2. The number of rotatable bonds is 6. The first-order chi connectivity index (χ1) is 14.9. The van der Waals surface area contributed by atoms with Gasteiger partial charge in [-0.1, -0.05) is 18.2 Å². The molecular weight excluding hydrogens is 403 g/mol. The summed E-state index contributed by atoms with van der Waals surface area (Å²) in [6, 6.07) is 9.69. The van der Waals surface area contributed by atoms with Crippen LogP contribution in [0.4, 0.5) is 4.39 Å². The molecule has 3 aliphatic rings. The lowest BCUT2D eigenvalue weighted by molar-refractivity contribution is -0.161. The smallest absolute Gasteiger partial charge is 0.335 e. The van der Waals surface area contributed by atoms with E-state index in [-0.39, 0.29) is 28.7 Å². The van der Waals surface area contributed by atoms with Crippen molar-refractivity contribution in [2.75, 3.05) is 19.6 Å². The Morgan fingerprint density at radius 2 is 1.77 bits per heavy atom. The van der Waals surface area contributed by atoms with E-state index in [1.54, 1.807) is 6.07 Å². The molecule has 2 bridgehead atoms. The number of esters is 1. The van der Waals surface area contributed by atoms with Gasteiger partial charge in [0, 0.05) is 12.1 Å². The summed E-state index contributed by atoms with van der Waals surface area (Å²) in [4.78, 5) is 39.3. The van der Waals surface area contributed by atoms with Crippen LogP contribution >= 0.6 is 0 Å². The number of amides is 1. The minimum Gasteiger partial charge on any atom is -0.478 e. The van der Waals surface area contributed by atoms with Crippen molar-refractivity contribution in [3.8, 4) is 0 Å². The minimum absolute atomic E-state index is 0.0511. The second-order valence-electron chi connectivity index (χ2n) is 7.96. The number of carboxylic acid groups (broad SMARTS) is 1. The molecule has 2 aromatic rings. The summed E-state index contributed by atoms with van der Waals surface area (Å²) < 4.78 is 19.6. The number of carbonyl (C=O) groups is 3. The summed E-state index contributed by atoms with van der Waals surface area (Å²) in [5, 5.41) is 11.7. The molecule has 0 saturated carbocycles. The van der Waals surface area contributed by atoms with Gasteiger partial charge in [-0.15, -0.1) is 0 Å². The molecule has 3 saturated heterocycles. The normalized spacial score (nSPS) is 23.1. The molecule has 3 heterocycles. The first-order valence-corrected chi connectivity index (χ1v) is 10.2. The number of carboxylic acids is 1. The van der Waals surface area contributed by atoms with Gasteiger partial charge < -0.3 is 15.2 Å². The van der Waals surface area contributed by atoms with Gasteiger partial charge >= 0.3 is 11.9 Å². The molecule has 0 aliphatic carbocycles. The lowest BCUT2D eigenvalue weighted by Crippen LogP contribution is -2.52. The molecule has 162 valence electrons. The van der Waals surface area contributed by atoms with Crippen molar-refractivity contribution in [3.05, 3.63) is 71.0 Å². The van der Waals surface area contributed by atoms with Crippen LogP contribution in [0.25, 0.3) is 0 Å². The molecule has 0 radical (unpaired) electrons.